The Morgan fingerprint density at radius 3 is 2.69 bits per heavy atom. The number of esters is 1. The first-order valence-electron chi connectivity index (χ1n) is 8.48. The van der Waals surface area contributed by atoms with E-state index in [0.29, 0.717) is 26.4 Å². The van der Waals surface area contributed by atoms with Gasteiger partial charge in [-0.1, -0.05) is 0 Å². The van der Waals surface area contributed by atoms with Crippen LogP contribution in [0.3, 0.4) is 0 Å². The van der Waals surface area contributed by atoms with E-state index in [1.165, 1.54) is 29.5 Å². The van der Waals surface area contributed by atoms with Crippen LogP contribution < -0.4 is 0 Å². The summed E-state index contributed by atoms with van der Waals surface area (Å²) in [4.78, 5) is 36.6. The van der Waals surface area contributed by atoms with Gasteiger partial charge in [-0.2, -0.15) is 0 Å². The number of rotatable bonds is 6. The molecule has 0 aliphatic rings. The van der Waals surface area contributed by atoms with Crippen molar-refractivity contribution < 1.29 is 23.8 Å². The topological polar surface area (TPSA) is 102 Å². The highest BCUT2D eigenvalue weighted by Crippen LogP contribution is 2.33. The smallest absolute Gasteiger partial charge is 0.342 e. The third-order valence-corrected chi connectivity index (χ3v) is 5.37. The van der Waals surface area contributed by atoms with E-state index < -0.39 is 17.8 Å². The van der Waals surface area contributed by atoms with Gasteiger partial charge in [-0.05, 0) is 48.0 Å². The molecular formula is C19H15BrFN3O4S. The summed E-state index contributed by atoms with van der Waals surface area (Å²) in [5.41, 5.74) is 1.69. The maximum Gasteiger partial charge on any atom is 0.342 e. The molecule has 0 radical (unpaired) electrons. The summed E-state index contributed by atoms with van der Waals surface area (Å²) in [6.07, 6.45) is -0.216. The van der Waals surface area contributed by atoms with Gasteiger partial charge in [0, 0.05) is 15.4 Å². The average molecular weight is 480 g/mol. The molecule has 2 aromatic heterocycles. The number of ether oxygens (including phenoxy) is 1. The van der Waals surface area contributed by atoms with Crippen molar-refractivity contribution in [3.05, 3.63) is 50.8 Å². The Morgan fingerprint density at radius 2 is 2.03 bits per heavy atom. The number of nitrogens with zero attached hydrogens (tertiary/aromatic N) is 3. The van der Waals surface area contributed by atoms with Crippen LogP contribution >= 0.6 is 27.3 Å². The minimum Gasteiger partial charge on any atom is -0.481 e. The number of carboxylic acid groups (broad SMARTS) is 1. The fraction of sp³-hybridized carbons (Fsp3) is 0.211. The summed E-state index contributed by atoms with van der Waals surface area (Å²) in [6.45, 7) is 3.51. The Kier molecular flexibility index (Phi) is 6.33. The summed E-state index contributed by atoms with van der Waals surface area (Å²) in [5, 5.41) is 11.0. The number of hydrogen-bond acceptors (Lipinski definition) is 7. The van der Waals surface area contributed by atoms with Crippen molar-refractivity contribution in [1.82, 2.24) is 15.0 Å². The van der Waals surface area contributed by atoms with Crippen molar-refractivity contribution in [2.24, 2.45) is 0 Å². The third kappa shape index (κ3) is 4.65. The van der Waals surface area contributed by atoms with Crippen LogP contribution in [0.1, 0.15) is 28.7 Å². The van der Waals surface area contributed by atoms with Gasteiger partial charge in [0.05, 0.1) is 30.1 Å². The second kappa shape index (κ2) is 8.75. The lowest BCUT2D eigenvalue weighted by molar-refractivity contribution is -0.136. The predicted octanol–water partition coefficient (Wildman–Crippen LogP) is 4.28. The molecule has 0 aliphatic heterocycles. The van der Waals surface area contributed by atoms with Gasteiger partial charge in [0.1, 0.15) is 11.4 Å². The average Bonchev–Trinajstić information content (AvgIpc) is 3.09. The predicted molar refractivity (Wildman–Crippen MR) is 108 cm³/mol. The number of aromatic nitrogens is 3. The number of carbonyl (C=O) groups excluding carboxylic acids is 1. The zero-order valence-corrected chi connectivity index (χ0v) is 17.8. The fourth-order valence-corrected chi connectivity index (χ4v) is 3.93. The Hall–Kier alpha value is -2.72. The van der Waals surface area contributed by atoms with E-state index in [1.54, 1.807) is 19.2 Å². The number of benzene rings is 1. The van der Waals surface area contributed by atoms with Crippen molar-refractivity contribution in [1.29, 1.82) is 0 Å². The second-order valence-electron chi connectivity index (χ2n) is 5.92. The summed E-state index contributed by atoms with van der Waals surface area (Å²) >= 11 is 4.51. The number of carboxylic acids is 1. The van der Waals surface area contributed by atoms with E-state index in [-0.39, 0.29) is 30.1 Å². The summed E-state index contributed by atoms with van der Waals surface area (Å²) in [5.74, 6) is -1.79. The molecule has 3 aromatic rings. The van der Waals surface area contributed by atoms with Crippen LogP contribution in [0.15, 0.2) is 28.1 Å². The van der Waals surface area contributed by atoms with Crippen molar-refractivity contribution >= 4 is 39.2 Å². The van der Waals surface area contributed by atoms with E-state index in [2.05, 4.69) is 30.9 Å². The minimum atomic E-state index is -0.993. The Balaban J connectivity index is 2.18. The molecule has 3 rings (SSSR count). The highest BCUT2D eigenvalue weighted by molar-refractivity contribution is 9.10. The zero-order chi connectivity index (χ0) is 21.1. The maximum atomic E-state index is 13.6. The third-order valence-electron chi connectivity index (χ3n) is 3.83. The van der Waals surface area contributed by atoms with Crippen molar-refractivity contribution in [3.63, 3.8) is 0 Å². The van der Waals surface area contributed by atoms with E-state index in [1.807, 2.05) is 0 Å². The van der Waals surface area contributed by atoms with Crippen LogP contribution in [0.25, 0.3) is 22.1 Å². The van der Waals surface area contributed by atoms with Crippen LogP contribution in [0.4, 0.5) is 4.39 Å². The number of thiazole rings is 1. The molecule has 0 saturated heterocycles. The molecule has 0 spiro atoms. The van der Waals surface area contributed by atoms with Gasteiger partial charge in [0.15, 0.2) is 10.8 Å². The first-order chi connectivity index (χ1) is 13.8. The number of halogens is 2. The van der Waals surface area contributed by atoms with Gasteiger partial charge >= 0.3 is 11.9 Å². The normalized spacial score (nSPS) is 10.8. The summed E-state index contributed by atoms with van der Waals surface area (Å²) in [7, 11) is 0. The molecule has 7 nitrogen and oxygen atoms in total. The molecule has 0 unspecified atom stereocenters. The molecule has 0 atom stereocenters. The molecule has 0 aliphatic carbocycles. The molecule has 0 amide bonds. The van der Waals surface area contributed by atoms with E-state index in [0.717, 1.165) is 0 Å². The lowest BCUT2D eigenvalue weighted by Crippen LogP contribution is -2.12. The van der Waals surface area contributed by atoms with Crippen molar-refractivity contribution in [3.8, 4) is 22.1 Å². The van der Waals surface area contributed by atoms with Crippen molar-refractivity contribution in [2.75, 3.05) is 6.61 Å². The van der Waals surface area contributed by atoms with Gasteiger partial charge < -0.3 is 9.84 Å². The van der Waals surface area contributed by atoms with E-state index in [4.69, 9.17) is 9.84 Å². The molecule has 1 N–H and O–H groups in total. The molecule has 150 valence electrons. The quantitative estimate of drug-likeness (QED) is 0.526. The molecule has 0 bridgehead atoms. The Labute approximate surface area is 177 Å². The number of carbonyl (C=O) groups is 2. The Bertz CT molecular complexity index is 1100. The fourth-order valence-electron chi connectivity index (χ4n) is 2.64. The van der Waals surface area contributed by atoms with E-state index in [9.17, 15) is 14.0 Å². The second-order valence-corrected chi connectivity index (χ2v) is 7.63. The van der Waals surface area contributed by atoms with Crippen molar-refractivity contribution in [2.45, 2.75) is 20.3 Å². The van der Waals surface area contributed by atoms with Crippen LogP contribution in [0.2, 0.25) is 0 Å². The molecular weight excluding hydrogens is 465 g/mol. The number of hydrogen-bond donors (Lipinski definition) is 1. The molecule has 0 saturated carbocycles. The monoisotopic (exact) mass is 479 g/mol. The molecule has 1 aromatic carbocycles. The van der Waals surface area contributed by atoms with Crippen LogP contribution in [0.5, 0.6) is 0 Å². The minimum absolute atomic E-state index is 0.172. The van der Waals surface area contributed by atoms with E-state index >= 15 is 0 Å². The summed E-state index contributed by atoms with van der Waals surface area (Å²) < 4.78 is 19.1. The van der Waals surface area contributed by atoms with Gasteiger partial charge in [0.25, 0.3) is 0 Å². The molecule has 2 heterocycles. The summed E-state index contributed by atoms with van der Waals surface area (Å²) in [6, 6.07) is 4.04. The highest BCUT2D eigenvalue weighted by Gasteiger charge is 2.24. The van der Waals surface area contributed by atoms with Gasteiger partial charge in [-0.15, -0.1) is 11.3 Å². The SMILES string of the molecule is CCOC(=O)c1c(C)nc(-c2nc(CC(=O)O)cs2)nc1-c1ccc(F)cc1Br. The highest BCUT2D eigenvalue weighted by atomic mass is 79.9. The van der Waals surface area contributed by atoms with Crippen LogP contribution in [-0.2, 0) is 16.0 Å². The maximum absolute atomic E-state index is 13.6. The molecule has 10 heteroatoms. The van der Waals surface area contributed by atoms with Crippen LogP contribution in [0, 0.1) is 12.7 Å². The van der Waals surface area contributed by atoms with Crippen LogP contribution in [-0.4, -0.2) is 38.6 Å². The number of aliphatic carboxylic acids is 1. The molecule has 29 heavy (non-hydrogen) atoms. The lowest BCUT2D eigenvalue weighted by Gasteiger charge is -2.13. The number of aryl methyl sites for hydroxylation is 1. The van der Waals surface area contributed by atoms with Gasteiger partial charge in [0.2, 0.25) is 0 Å². The largest absolute Gasteiger partial charge is 0.481 e. The first-order valence-corrected chi connectivity index (χ1v) is 10.1. The Morgan fingerprint density at radius 1 is 1.28 bits per heavy atom. The zero-order valence-electron chi connectivity index (χ0n) is 15.4. The molecule has 0 fully saturated rings. The standard InChI is InChI=1S/C19H15BrFN3O4S/c1-3-28-19(27)15-9(2)22-17(18-23-11(8-29-18)7-14(25)26)24-16(15)12-5-4-10(21)6-13(12)20/h4-6,8H,3,7H2,1-2H3,(H,25,26). The van der Waals surface area contributed by atoms with Gasteiger partial charge in [-0.3, -0.25) is 4.79 Å². The first kappa shape index (κ1) is 21.0. The lowest BCUT2D eigenvalue weighted by atomic mass is 10.0. The van der Waals surface area contributed by atoms with Gasteiger partial charge in [-0.25, -0.2) is 24.1 Å².